The third-order valence-corrected chi connectivity index (χ3v) is 5.34. The van der Waals surface area contributed by atoms with Crippen LogP contribution in [0, 0.1) is 6.92 Å². The van der Waals surface area contributed by atoms with E-state index in [-0.39, 0.29) is 23.6 Å². The van der Waals surface area contributed by atoms with Gasteiger partial charge in [-0.05, 0) is 38.2 Å². The van der Waals surface area contributed by atoms with Gasteiger partial charge in [0.15, 0.2) is 0 Å². The minimum atomic E-state index is -4.44. The molecule has 0 saturated heterocycles. The van der Waals surface area contributed by atoms with Crippen molar-refractivity contribution >= 4 is 11.6 Å². The second-order valence-electron chi connectivity index (χ2n) is 7.36. The third-order valence-electron chi connectivity index (χ3n) is 5.34. The van der Waals surface area contributed by atoms with Crippen LogP contribution in [0.25, 0.3) is 0 Å². The fourth-order valence-electron chi connectivity index (χ4n) is 3.74. The Kier molecular flexibility index (Phi) is 3.72. The van der Waals surface area contributed by atoms with Crippen LogP contribution < -0.4 is 5.32 Å². The molecule has 0 spiro atoms. The lowest BCUT2D eigenvalue weighted by molar-refractivity contribution is -0.138. The zero-order valence-electron chi connectivity index (χ0n) is 15.1. The smallest absolute Gasteiger partial charge is 0.321 e. The number of nitrogens with one attached hydrogen (secondary N) is 2. The highest BCUT2D eigenvalue weighted by atomic mass is 19.4. The topological polar surface area (TPSA) is 84.3 Å². The number of aromatic nitrogens is 6. The third kappa shape index (κ3) is 2.92. The Morgan fingerprint density at radius 2 is 2.04 bits per heavy atom. The number of nitrogens with zero attached hydrogens (tertiary/aromatic N) is 5. The summed E-state index contributed by atoms with van der Waals surface area (Å²) in [4.78, 5) is 8.07. The number of aromatic amines is 1. The molecule has 1 unspecified atom stereocenters. The Hall–Kier alpha value is -2.91. The van der Waals surface area contributed by atoms with E-state index in [9.17, 15) is 13.2 Å². The lowest BCUT2D eigenvalue weighted by Crippen LogP contribution is -2.12. The highest BCUT2D eigenvalue weighted by Gasteiger charge is 2.40. The minimum absolute atomic E-state index is 0.0716. The summed E-state index contributed by atoms with van der Waals surface area (Å²) >= 11 is 0. The van der Waals surface area contributed by atoms with Gasteiger partial charge in [0, 0.05) is 18.3 Å². The maximum Gasteiger partial charge on any atom is 0.419 e. The van der Waals surface area contributed by atoms with Crippen molar-refractivity contribution in [3.63, 3.8) is 0 Å². The number of fused-ring (bicyclic) bond motifs is 1. The van der Waals surface area contributed by atoms with Gasteiger partial charge in [-0.25, -0.2) is 9.97 Å². The second-order valence-corrected chi connectivity index (χ2v) is 7.36. The Morgan fingerprint density at radius 1 is 1.21 bits per heavy atom. The van der Waals surface area contributed by atoms with Crippen molar-refractivity contribution in [3.05, 3.63) is 46.8 Å². The Labute approximate surface area is 158 Å². The van der Waals surface area contributed by atoms with Crippen LogP contribution in [0.2, 0.25) is 0 Å². The van der Waals surface area contributed by atoms with E-state index in [1.165, 1.54) is 5.56 Å². The molecule has 2 aliphatic carbocycles. The summed E-state index contributed by atoms with van der Waals surface area (Å²) in [6, 6.07) is 0.0716. The van der Waals surface area contributed by atoms with Crippen LogP contribution in [0.4, 0.5) is 24.8 Å². The van der Waals surface area contributed by atoms with E-state index in [0.29, 0.717) is 5.69 Å². The van der Waals surface area contributed by atoms with Gasteiger partial charge in [-0.2, -0.15) is 23.4 Å². The molecule has 1 fully saturated rings. The molecule has 3 heterocycles. The van der Waals surface area contributed by atoms with Crippen LogP contribution in [0.1, 0.15) is 59.4 Å². The van der Waals surface area contributed by atoms with Crippen molar-refractivity contribution in [2.75, 3.05) is 5.32 Å². The maximum absolute atomic E-state index is 13.2. The highest BCUT2D eigenvalue weighted by molar-refractivity contribution is 5.55. The SMILES string of the molecule is Cc1nn(C2CCc3cn[nH]c32)cc1Nc1ncc(C(F)(F)F)c(C2CC2)n1. The van der Waals surface area contributed by atoms with Crippen molar-refractivity contribution < 1.29 is 13.2 Å². The molecule has 28 heavy (non-hydrogen) atoms. The first-order valence-electron chi connectivity index (χ1n) is 9.19. The Morgan fingerprint density at radius 3 is 2.79 bits per heavy atom. The molecule has 0 aliphatic heterocycles. The summed E-state index contributed by atoms with van der Waals surface area (Å²) in [6.45, 7) is 1.84. The lowest BCUT2D eigenvalue weighted by Gasteiger charge is -2.13. The van der Waals surface area contributed by atoms with Gasteiger partial charge >= 0.3 is 6.18 Å². The highest BCUT2D eigenvalue weighted by Crippen LogP contribution is 2.45. The lowest BCUT2D eigenvalue weighted by atomic mass is 10.1. The van der Waals surface area contributed by atoms with E-state index in [0.717, 1.165) is 43.3 Å². The molecule has 0 amide bonds. The van der Waals surface area contributed by atoms with E-state index < -0.39 is 11.7 Å². The summed E-state index contributed by atoms with van der Waals surface area (Å²) in [7, 11) is 0. The van der Waals surface area contributed by atoms with Gasteiger partial charge in [-0.3, -0.25) is 9.78 Å². The molecule has 2 N–H and O–H groups in total. The van der Waals surface area contributed by atoms with Gasteiger partial charge in [-0.15, -0.1) is 0 Å². The molecule has 7 nitrogen and oxygen atoms in total. The number of anilines is 2. The van der Waals surface area contributed by atoms with E-state index >= 15 is 0 Å². The van der Waals surface area contributed by atoms with E-state index in [4.69, 9.17) is 0 Å². The molecule has 0 bridgehead atoms. The summed E-state index contributed by atoms with van der Waals surface area (Å²) < 4.78 is 41.5. The van der Waals surface area contributed by atoms with Gasteiger partial charge < -0.3 is 5.32 Å². The predicted octanol–water partition coefficient (Wildman–Crippen LogP) is 3.88. The molecule has 2 aliphatic rings. The molecular weight excluding hydrogens is 371 g/mol. The molecule has 0 aromatic carbocycles. The van der Waals surface area contributed by atoms with E-state index in [2.05, 4.69) is 30.6 Å². The van der Waals surface area contributed by atoms with Gasteiger partial charge in [0.05, 0.1) is 40.6 Å². The standard InChI is InChI=1S/C18H18F3N7/c1-9-13(8-28(27-9)14-5-4-11-6-23-26-16(11)14)24-17-22-7-12(18(19,20)21)15(25-17)10-2-3-10/h6-8,10,14H,2-5H2,1H3,(H,23,26)(H,22,24,25). The molecule has 5 rings (SSSR count). The van der Waals surface area contributed by atoms with Gasteiger partial charge in [0.1, 0.15) is 0 Å². The molecule has 0 radical (unpaired) electrons. The fraction of sp³-hybridized carbons (Fsp3) is 0.444. The zero-order valence-corrected chi connectivity index (χ0v) is 15.1. The first kappa shape index (κ1) is 17.2. The number of hydrogen-bond acceptors (Lipinski definition) is 5. The second kappa shape index (κ2) is 6.05. The maximum atomic E-state index is 13.2. The van der Waals surface area contributed by atoms with Crippen molar-refractivity contribution in [2.24, 2.45) is 0 Å². The number of alkyl halides is 3. The van der Waals surface area contributed by atoms with Gasteiger partial charge in [0.2, 0.25) is 5.95 Å². The normalized spacial score (nSPS) is 19.1. The monoisotopic (exact) mass is 389 g/mol. The molecule has 10 heteroatoms. The molecular formula is C18H18F3N7. The average Bonchev–Trinajstić information content (AvgIpc) is 3.08. The first-order chi connectivity index (χ1) is 13.4. The fourth-order valence-corrected chi connectivity index (χ4v) is 3.74. The van der Waals surface area contributed by atoms with Crippen molar-refractivity contribution in [1.29, 1.82) is 0 Å². The first-order valence-corrected chi connectivity index (χ1v) is 9.19. The molecule has 3 aromatic rings. The molecule has 1 saturated carbocycles. The number of H-pyrrole nitrogens is 1. The number of hydrogen-bond donors (Lipinski definition) is 2. The van der Waals surface area contributed by atoms with Crippen molar-refractivity contribution in [2.45, 2.75) is 50.7 Å². The van der Waals surface area contributed by atoms with Crippen molar-refractivity contribution in [3.8, 4) is 0 Å². The van der Waals surface area contributed by atoms with Crippen LogP contribution in [0.3, 0.4) is 0 Å². The van der Waals surface area contributed by atoms with Gasteiger partial charge in [0.25, 0.3) is 0 Å². The Balaban J connectivity index is 1.43. The summed E-state index contributed by atoms with van der Waals surface area (Å²) in [6.07, 6.45) is 3.42. The van der Waals surface area contributed by atoms with Gasteiger partial charge in [-0.1, -0.05) is 0 Å². The zero-order chi connectivity index (χ0) is 19.5. The molecule has 3 aromatic heterocycles. The van der Waals surface area contributed by atoms with E-state index in [1.54, 1.807) is 0 Å². The van der Waals surface area contributed by atoms with Crippen LogP contribution in [0.15, 0.2) is 18.6 Å². The number of rotatable bonds is 4. The average molecular weight is 389 g/mol. The summed E-state index contributed by atoms with van der Waals surface area (Å²) in [5.41, 5.74) is 2.97. The largest absolute Gasteiger partial charge is 0.419 e. The van der Waals surface area contributed by atoms with Crippen LogP contribution in [-0.2, 0) is 12.6 Å². The van der Waals surface area contributed by atoms with Crippen LogP contribution in [-0.4, -0.2) is 29.9 Å². The Bertz CT molecular complexity index is 1030. The minimum Gasteiger partial charge on any atom is -0.321 e. The van der Waals surface area contributed by atoms with Crippen molar-refractivity contribution in [1.82, 2.24) is 29.9 Å². The van der Waals surface area contributed by atoms with E-state index in [1.807, 2.05) is 24.0 Å². The molecule has 1 atom stereocenters. The van der Waals surface area contributed by atoms with Crippen LogP contribution >= 0.6 is 0 Å². The quantitative estimate of drug-likeness (QED) is 0.707. The summed E-state index contributed by atoms with van der Waals surface area (Å²) in [5, 5.41) is 14.7. The number of aryl methyl sites for hydroxylation is 2. The summed E-state index contributed by atoms with van der Waals surface area (Å²) in [5.74, 6) is 0.0208. The molecule has 146 valence electrons. The number of halogens is 3. The van der Waals surface area contributed by atoms with Crippen LogP contribution in [0.5, 0.6) is 0 Å². The predicted molar refractivity (Wildman–Crippen MR) is 94.3 cm³/mol.